The van der Waals surface area contributed by atoms with E-state index in [-0.39, 0.29) is 17.7 Å². The number of hydrogen-bond donors (Lipinski definition) is 1. The van der Waals surface area contributed by atoms with E-state index in [1.54, 1.807) is 13.3 Å². The molecule has 3 aromatic rings. The summed E-state index contributed by atoms with van der Waals surface area (Å²) >= 11 is 1.30. The Morgan fingerprint density at radius 2 is 1.93 bits per heavy atom. The van der Waals surface area contributed by atoms with Gasteiger partial charge in [-0.15, -0.1) is 0 Å². The SMILES string of the molecule is COc1ccccc1-n1c(-c2ccccc2)cnc1SCC(=O)N1CCNC1=O. The summed E-state index contributed by atoms with van der Waals surface area (Å²) in [7, 11) is 1.63. The number of rotatable bonds is 6. The van der Waals surface area contributed by atoms with Crippen LogP contribution in [0.2, 0.25) is 0 Å². The molecule has 4 rings (SSSR count). The van der Waals surface area contributed by atoms with E-state index in [2.05, 4.69) is 10.3 Å². The number of imide groups is 1. The topological polar surface area (TPSA) is 76.5 Å². The number of nitrogens with zero attached hydrogens (tertiary/aromatic N) is 3. The maximum Gasteiger partial charge on any atom is 0.324 e. The molecule has 29 heavy (non-hydrogen) atoms. The van der Waals surface area contributed by atoms with Crippen molar-refractivity contribution in [2.45, 2.75) is 5.16 Å². The Kier molecular flexibility index (Phi) is 5.53. The molecule has 2 aromatic carbocycles. The van der Waals surface area contributed by atoms with Crippen molar-refractivity contribution in [3.8, 4) is 22.7 Å². The van der Waals surface area contributed by atoms with Gasteiger partial charge in [-0.1, -0.05) is 54.2 Å². The van der Waals surface area contributed by atoms with Crippen LogP contribution < -0.4 is 10.1 Å². The molecule has 0 unspecified atom stereocenters. The average molecular weight is 408 g/mol. The monoisotopic (exact) mass is 408 g/mol. The second-order valence-electron chi connectivity index (χ2n) is 6.37. The van der Waals surface area contributed by atoms with E-state index in [1.807, 2.05) is 59.2 Å². The molecule has 0 radical (unpaired) electrons. The molecule has 3 amide bonds. The Balaban J connectivity index is 1.70. The van der Waals surface area contributed by atoms with Crippen LogP contribution in [0.5, 0.6) is 5.75 Å². The summed E-state index contributed by atoms with van der Waals surface area (Å²) in [5.74, 6) is 0.587. The van der Waals surface area contributed by atoms with E-state index in [0.717, 1.165) is 16.9 Å². The zero-order valence-electron chi connectivity index (χ0n) is 15.9. The predicted molar refractivity (Wildman–Crippen MR) is 111 cm³/mol. The minimum Gasteiger partial charge on any atom is -0.495 e. The Hall–Kier alpha value is -3.26. The van der Waals surface area contributed by atoms with E-state index in [4.69, 9.17) is 4.74 Å². The Morgan fingerprint density at radius 3 is 2.66 bits per heavy atom. The van der Waals surface area contributed by atoms with Gasteiger partial charge >= 0.3 is 6.03 Å². The number of ether oxygens (including phenoxy) is 1. The summed E-state index contributed by atoms with van der Waals surface area (Å²) in [5, 5.41) is 3.30. The van der Waals surface area contributed by atoms with Gasteiger partial charge in [0, 0.05) is 18.7 Å². The van der Waals surface area contributed by atoms with Crippen LogP contribution in [0.15, 0.2) is 66.0 Å². The molecule has 1 N–H and O–H groups in total. The third kappa shape index (κ3) is 3.84. The number of methoxy groups -OCH3 is 1. The fraction of sp³-hybridized carbons (Fsp3) is 0.190. The second-order valence-corrected chi connectivity index (χ2v) is 7.31. The van der Waals surface area contributed by atoms with Crippen LogP contribution in [-0.4, -0.2) is 52.3 Å². The van der Waals surface area contributed by atoms with Crippen molar-refractivity contribution < 1.29 is 14.3 Å². The quantitative estimate of drug-likeness (QED) is 0.634. The van der Waals surface area contributed by atoms with Gasteiger partial charge in [0.25, 0.3) is 0 Å². The maximum atomic E-state index is 12.5. The van der Waals surface area contributed by atoms with Crippen molar-refractivity contribution in [3.63, 3.8) is 0 Å². The number of nitrogens with one attached hydrogen (secondary N) is 1. The fourth-order valence-corrected chi connectivity index (χ4v) is 4.07. The zero-order chi connectivity index (χ0) is 20.2. The Morgan fingerprint density at radius 1 is 1.17 bits per heavy atom. The van der Waals surface area contributed by atoms with Crippen LogP contribution in [0.25, 0.3) is 16.9 Å². The number of carbonyl (C=O) groups is 2. The number of aromatic nitrogens is 2. The highest BCUT2D eigenvalue weighted by atomic mass is 32.2. The van der Waals surface area contributed by atoms with Crippen molar-refractivity contribution >= 4 is 23.7 Å². The zero-order valence-corrected chi connectivity index (χ0v) is 16.7. The smallest absolute Gasteiger partial charge is 0.324 e. The Labute approximate surface area is 172 Å². The van der Waals surface area contributed by atoms with Crippen molar-refractivity contribution in [3.05, 3.63) is 60.8 Å². The lowest BCUT2D eigenvalue weighted by atomic mass is 10.1. The molecule has 0 spiro atoms. The van der Waals surface area contributed by atoms with Crippen LogP contribution in [-0.2, 0) is 4.79 Å². The lowest BCUT2D eigenvalue weighted by molar-refractivity contribution is -0.124. The molecule has 1 aromatic heterocycles. The summed E-state index contributed by atoms with van der Waals surface area (Å²) in [4.78, 5) is 30.0. The predicted octanol–water partition coefficient (Wildman–Crippen LogP) is 3.19. The lowest BCUT2D eigenvalue weighted by Crippen LogP contribution is -2.35. The molecular weight excluding hydrogens is 388 g/mol. The molecule has 1 aliphatic rings. The standard InChI is InChI=1S/C21H20N4O3S/c1-28-18-10-6-5-9-16(18)25-17(15-7-3-2-4-8-15)13-23-21(25)29-14-19(26)24-12-11-22-20(24)27/h2-10,13H,11-12,14H2,1H3,(H,22,27). The van der Waals surface area contributed by atoms with E-state index >= 15 is 0 Å². The number of benzene rings is 2. The van der Waals surface area contributed by atoms with Crippen molar-refractivity contribution in [1.82, 2.24) is 19.8 Å². The average Bonchev–Trinajstić information content (AvgIpc) is 3.38. The van der Waals surface area contributed by atoms with E-state index < -0.39 is 0 Å². The lowest BCUT2D eigenvalue weighted by Gasteiger charge is -2.16. The molecule has 1 aliphatic heterocycles. The van der Waals surface area contributed by atoms with Gasteiger partial charge in [-0.3, -0.25) is 14.3 Å². The number of hydrogen-bond acceptors (Lipinski definition) is 5. The largest absolute Gasteiger partial charge is 0.495 e. The second kappa shape index (κ2) is 8.40. The number of amides is 3. The van der Waals surface area contributed by atoms with Crippen molar-refractivity contribution in [2.75, 3.05) is 26.0 Å². The first kappa shape index (κ1) is 19.1. The highest BCUT2D eigenvalue weighted by Crippen LogP contribution is 2.33. The number of para-hydroxylation sites is 2. The summed E-state index contributed by atoms with van der Waals surface area (Å²) < 4.78 is 7.53. The first-order chi connectivity index (χ1) is 14.2. The van der Waals surface area contributed by atoms with E-state index in [9.17, 15) is 9.59 Å². The number of imidazole rings is 1. The number of urea groups is 1. The number of carbonyl (C=O) groups excluding carboxylic acids is 2. The molecule has 1 fully saturated rings. The molecule has 1 saturated heterocycles. The summed E-state index contributed by atoms with van der Waals surface area (Å²) in [5.41, 5.74) is 2.73. The minimum absolute atomic E-state index is 0.119. The minimum atomic E-state index is -0.339. The normalized spacial score (nSPS) is 13.4. The highest BCUT2D eigenvalue weighted by molar-refractivity contribution is 7.99. The van der Waals surface area contributed by atoms with Crippen LogP contribution >= 0.6 is 11.8 Å². The van der Waals surface area contributed by atoms with Crippen LogP contribution in [0.3, 0.4) is 0 Å². The molecule has 0 aliphatic carbocycles. The van der Waals surface area contributed by atoms with Gasteiger partial charge < -0.3 is 10.1 Å². The third-order valence-electron chi connectivity index (χ3n) is 4.61. The molecule has 7 nitrogen and oxygen atoms in total. The van der Waals surface area contributed by atoms with Crippen molar-refractivity contribution in [1.29, 1.82) is 0 Å². The van der Waals surface area contributed by atoms with Gasteiger partial charge in [0.1, 0.15) is 5.75 Å². The Bertz CT molecular complexity index is 1040. The van der Waals surface area contributed by atoms with E-state index in [0.29, 0.717) is 24.0 Å². The van der Waals surface area contributed by atoms with Crippen LogP contribution in [0, 0.1) is 0 Å². The molecule has 2 heterocycles. The number of thioether (sulfide) groups is 1. The first-order valence-corrected chi connectivity index (χ1v) is 10.1. The molecule has 0 saturated carbocycles. The summed E-state index contributed by atoms with van der Waals surface area (Å²) in [6.07, 6.45) is 1.79. The molecule has 148 valence electrons. The first-order valence-electron chi connectivity index (χ1n) is 9.16. The summed E-state index contributed by atoms with van der Waals surface area (Å²) in [6, 6.07) is 17.3. The van der Waals surface area contributed by atoms with Gasteiger partial charge in [-0.2, -0.15) is 0 Å². The van der Waals surface area contributed by atoms with E-state index in [1.165, 1.54) is 16.7 Å². The highest BCUT2D eigenvalue weighted by Gasteiger charge is 2.27. The molecule has 0 atom stereocenters. The molecule has 8 heteroatoms. The fourth-order valence-electron chi connectivity index (χ4n) is 3.21. The van der Waals surface area contributed by atoms with Gasteiger partial charge in [-0.25, -0.2) is 9.78 Å². The molecule has 0 bridgehead atoms. The van der Waals surface area contributed by atoms with Gasteiger partial charge in [0.2, 0.25) is 5.91 Å². The summed E-state index contributed by atoms with van der Waals surface area (Å²) in [6.45, 7) is 0.887. The van der Waals surface area contributed by atoms with Crippen LogP contribution in [0.1, 0.15) is 0 Å². The van der Waals surface area contributed by atoms with Gasteiger partial charge in [0.05, 0.1) is 30.4 Å². The van der Waals surface area contributed by atoms with Gasteiger partial charge in [0.15, 0.2) is 5.16 Å². The van der Waals surface area contributed by atoms with Crippen molar-refractivity contribution in [2.24, 2.45) is 0 Å². The van der Waals surface area contributed by atoms with Gasteiger partial charge in [-0.05, 0) is 12.1 Å². The third-order valence-corrected chi connectivity index (χ3v) is 5.55. The van der Waals surface area contributed by atoms with Crippen LogP contribution in [0.4, 0.5) is 4.79 Å². The molecular formula is C21H20N4O3S. The maximum absolute atomic E-state index is 12.5.